The summed E-state index contributed by atoms with van der Waals surface area (Å²) in [6.45, 7) is 8.67. The second-order valence-electron chi connectivity index (χ2n) is 7.14. The van der Waals surface area contributed by atoms with Crippen LogP contribution in [-0.4, -0.2) is 23.3 Å². The van der Waals surface area contributed by atoms with E-state index in [2.05, 4.69) is 22.0 Å². The molecule has 30 heavy (non-hydrogen) atoms. The molecular weight excluding hydrogens is 398 g/mol. The van der Waals surface area contributed by atoms with Crippen LogP contribution in [0.5, 0.6) is 5.75 Å². The molecule has 0 atom stereocenters. The van der Waals surface area contributed by atoms with Gasteiger partial charge in [-0.1, -0.05) is 29.8 Å². The number of carbonyl (C=O) groups excluding carboxylic acids is 1. The number of hydrogen-bond donors (Lipinski definition) is 1. The summed E-state index contributed by atoms with van der Waals surface area (Å²) < 4.78 is 7.56. The summed E-state index contributed by atoms with van der Waals surface area (Å²) in [4.78, 5) is 12.2. The minimum atomic E-state index is -0.171. The van der Waals surface area contributed by atoms with Gasteiger partial charge in [-0.25, -0.2) is 5.43 Å². The molecule has 0 fully saturated rings. The average Bonchev–Trinajstić information content (AvgIpc) is 2.99. The first-order valence-corrected chi connectivity index (χ1v) is 10.3. The lowest BCUT2D eigenvalue weighted by Gasteiger charge is -2.13. The highest BCUT2D eigenvalue weighted by Gasteiger charge is 2.12. The molecular formula is C24H26ClN3O2. The summed E-state index contributed by atoms with van der Waals surface area (Å²) >= 11 is 6.19. The quantitative estimate of drug-likeness (QED) is 0.422. The van der Waals surface area contributed by atoms with Gasteiger partial charge in [0.2, 0.25) is 5.91 Å². The van der Waals surface area contributed by atoms with E-state index in [1.54, 1.807) is 6.21 Å². The Morgan fingerprint density at radius 1 is 1.13 bits per heavy atom. The van der Waals surface area contributed by atoms with Crippen LogP contribution in [0.2, 0.25) is 5.02 Å². The third-order valence-electron chi connectivity index (χ3n) is 4.87. The van der Waals surface area contributed by atoms with Crippen molar-refractivity contribution in [2.75, 3.05) is 6.61 Å². The lowest BCUT2D eigenvalue weighted by atomic mass is 10.1. The minimum absolute atomic E-state index is 0.171. The van der Waals surface area contributed by atoms with E-state index in [1.165, 1.54) is 0 Å². The van der Waals surface area contributed by atoms with Crippen molar-refractivity contribution in [1.29, 1.82) is 0 Å². The molecule has 0 saturated carbocycles. The summed E-state index contributed by atoms with van der Waals surface area (Å²) in [5.74, 6) is 0.625. The summed E-state index contributed by atoms with van der Waals surface area (Å²) in [6, 6.07) is 15.4. The molecule has 0 aliphatic carbocycles. The molecule has 0 radical (unpaired) electrons. The van der Waals surface area contributed by atoms with Crippen LogP contribution in [0.15, 0.2) is 53.6 Å². The van der Waals surface area contributed by atoms with Crippen LogP contribution in [0.1, 0.15) is 35.0 Å². The van der Waals surface area contributed by atoms with Gasteiger partial charge in [-0.15, -0.1) is 0 Å². The number of aromatic nitrogens is 1. The predicted octanol–water partition coefficient (Wildman–Crippen LogP) is 5.15. The fraction of sp³-hybridized carbons (Fsp3) is 0.250. The number of amides is 1. The number of halogens is 1. The van der Waals surface area contributed by atoms with E-state index in [4.69, 9.17) is 16.3 Å². The molecule has 1 aromatic heterocycles. The zero-order chi connectivity index (χ0) is 21.7. The van der Waals surface area contributed by atoms with Gasteiger partial charge in [0.1, 0.15) is 5.75 Å². The number of hydrogen-bond acceptors (Lipinski definition) is 3. The number of carbonyl (C=O) groups is 1. The lowest BCUT2D eigenvalue weighted by Crippen LogP contribution is -2.19. The zero-order valence-corrected chi connectivity index (χ0v) is 18.5. The van der Waals surface area contributed by atoms with Gasteiger partial charge < -0.3 is 9.30 Å². The first-order valence-electron chi connectivity index (χ1n) is 9.88. The van der Waals surface area contributed by atoms with E-state index in [0.717, 1.165) is 39.5 Å². The van der Waals surface area contributed by atoms with Crippen molar-refractivity contribution in [3.63, 3.8) is 0 Å². The molecule has 6 heteroatoms. The van der Waals surface area contributed by atoms with Gasteiger partial charge in [-0.3, -0.25) is 4.79 Å². The standard InChI is InChI=1S/C24H26ClN3O2/c1-5-30-22-10-7-19(8-11-22)13-24(29)27-26-15-20-12-17(3)28(18(20)4)23-14-21(25)9-6-16(23)2/h6-12,14-15H,5,13H2,1-4H3,(H,27,29)/b26-15-. The second-order valence-corrected chi connectivity index (χ2v) is 7.58. The smallest absolute Gasteiger partial charge is 0.244 e. The normalized spacial score (nSPS) is 11.1. The topological polar surface area (TPSA) is 55.6 Å². The van der Waals surface area contributed by atoms with Crippen LogP contribution >= 0.6 is 11.6 Å². The first-order chi connectivity index (χ1) is 14.4. The van der Waals surface area contributed by atoms with E-state index in [0.29, 0.717) is 11.6 Å². The molecule has 0 spiro atoms. The van der Waals surface area contributed by atoms with Gasteiger partial charge in [0.25, 0.3) is 0 Å². The second kappa shape index (κ2) is 9.63. The maximum absolute atomic E-state index is 12.2. The van der Waals surface area contributed by atoms with Crippen LogP contribution in [0, 0.1) is 20.8 Å². The van der Waals surface area contributed by atoms with Crippen LogP contribution in [0.25, 0.3) is 5.69 Å². The Balaban J connectivity index is 1.68. The highest BCUT2D eigenvalue weighted by molar-refractivity contribution is 6.30. The zero-order valence-electron chi connectivity index (χ0n) is 17.7. The van der Waals surface area contributed by atoms with E-state index in [1.807, 2.05) is 69.3 Å². The van der Waals surface area contributed by atoms with Gasteiger partial charge >= 0.3 is 0 Å². The largest absolute Gasteiger partial charge is 0.494 e. The Morgan fingerprint density at radius 3 is 2.57 bits per heavy atom. The Morgan fingerprint density at radius 2 is 1.87 bits per heavy atom. The van der Waals surface area contributed by atoms with E-state index >= 15 is 0 Å². The molecule has 156 valence electrons. The number of nitrogens with zero attached hydrogens (tertiary/aromatic N) is 2. The molecule has 0 bridgehead atoms. The molecule has 3 aromatic rings. The van der Waals surface area contributed by atoms with Crippen molar-refractivity contribution in [3.8, 4) is 11.4 Å². The molecule has 1 heterocycles. The highest BCUT2D eigenvalue weighted by Crippen LogP contribution is 2.25. The van der Waals surface area contributed by atoms with Crippen LogP contribution < -0.4 is 10.2 Å². The first kappa shape index (κ1) is 21.7. The molecule has 0 saturated heterocycles. The number of ether oxygens (including phenoxy) is 1. The average molecular weight is 424 g/mol. The van der Waals surface area contributed by atoms with Gasteiger partial charge in [-0.2, -0.15) is 5.10 Å². The summed E-state index contributed by atoms with van der Waals surface area (Å²) in [7, 11) is 0. The number of nitrogens with one attached hydrogen (secondary N) is 1. The Labute approximate surface area is 182 Å². The SMILES string of the molecule is CCOc1ccc(CC(=O)N/N=C\c2cc(C)n(-c3cc(Cl)ccc3C)c2C)cc1. The summed E-state index contributed by atoms with van der Waals surface area (Å²) in [6.07, 6.45) is 1.93. The molecule has 2 aromatic carbocycles. The Kier molecular flexibility index (Phi) is 6.95. The number of hydrazone groups is 1. The third kappa shape index (κ3) is 5.10. The van der Waals surface area contributed by atoms with E-state index < -0.39 is 0 Å². The van der Waals surface area contributed by atoms with Crippen LogP contribution in [0.3, 0.4) is 0 Å². The number of benzene rings is 2. The number of rotatable bonds is 7. The minimum Gasteiger partial charge on any atom is -0.494 e. The van der Waals surface area contributed by atoms with Gasteiger partial charge in [0.05, 0.1) is 19.2 Å². The molecule has 1 amide bonds. The van der Waals surface area contributed by atoms with Crippen molar-refractivity contribution in [2.45, 2.75) is 34.1 Å². The maximum atomic E-state index is 12.2. The van der Waals surface area contributed by atoms with Crippen molar-refractivity contribution in [1.82, 2.24) is 9.99 Å². The van der Waals surface area contributed by atoms with Crippen LogP contribution in [0.4, 0.5) is 0 Å². The lowest BCUT2D eigenvalue weighted by molar-refractivity contribution is -0.120. The van der Waals surface area contributed by atoms with Gasteiger partial charge in [-0.05, 0) is 69.2 Å². The summed E-state index contributed by atoms with van der Waals surface area (Å²) in [5.41, 5.74) is 8.72. The maximum Gasteiger partial charge on any atom is 0.244 e. The Bertz CT molecular complexity index is 1070. The third-order valence-corrected chi connectivity index (χ3v) is 5.11. The number of aryl methyl sites for hydroxylation is 2. The van der Waals surface area contributed by atoms with E-state index in [-0.39, 0.29) is 12.3 Å². The molecule has 1 N–H and O–H groups in total. The van der Waals surface area contributed by atoms with E-state index in [9.17, 15) is 4.79 Å². The summed E-state index contributed by atoms with van der Waals surface area (Å²) in [5, 5.41) is 4.84. The highest BCUT2D eigenvalue weighted by atomic mass is 35.5. The van der Waals surface area contributed by atoms with Crippen molar-refractivity contribution in [2.24, 2.45) is 5.10 Å². The molecule has 5 nitrogen and oxygen atoms in total. The van der Waals surface area contributed by atoms with Crippen LogP contribution in [-0.2, 0) is 11.2 Å². The molecule has 0 aliphatic rings. The predicted molar refractivity (Wildman–Crippen MR) is 122 cm³/mol. The monoisotopic (exact) mass is 423 g/mol. The van der Waals surface area contributed by atoms with Crippen molar-refractivity contribution in [3.05, 3.63) is 81.6 Å². The fourth-order valence-electron chi connectivity index (χ4n) is 3.38. The van der Waals surface area contributed by atoms with Gasteiger partial charge in [0, 0.05) is 27.7 Å². The Hall–Kier alpha value is -3.05. The molecule has 0 aliphatic heterocycles. The van der Waals surface area contributed by atoms with Crippen molar-refractivity contribution < 1.29 is 9.53 Å². The molecule has 3 rings (SSSR count). The van der Waals surface area contributed by atoms with Gasteiger partial charge in [0.15, 0.2) is 0 Å². The molecule has 0 unspecified atom stereocenters. The fourth-order valence-corrected chi connectivity index (χ4v) is 3.55. The van der Waals surface area contributed by atoms with Crippen molar-refractivity contribution >= 4 is 23.7 Å².